The fraction of sp³-hybridized carbons (Fsp3) is 0.269. The van der Waals surface area contributed by atoms with Crippen LogP contribution in [0, 0.1) is 6.92 Å². The highest BCUT2D eigenvalue weighted by molar-refractivity contribution is 6.05. The van der Waals surface area contributed by atoms with E-state index in [4.69, 9.17) is 0 Å². The largest absolute Gasteiger partial charge is 0.416 e. The van der Waals surface area contributed by atoms with E-state index in [9.17, 15) is 26.7 Å². The molecule has 4 aromatic rings. The Hall–Kier alpha value is -4.62. The monoisotopic (exact) mass is 558 g/mol. The molecule has 1 saturated heterocycles. The lowest BCUT2D eigenvalue weighted by Crippen LogP contribution is -2.40. The van der Waals surface area contributed by atoms with Gasteiger partial charge in [0.05, 0.1) is 5.56 Å². The third kappa shape index (κ3) is 6.16. The van der Waals surface area contributed by atoms with Gasteiger partial charge in [-0.2, -0.15) is 28.1 Å². The SMILES string of the molecule is Cc1ccc(C(=O)Nc2cccc(C(F)(F)F)c2)cc1Nc1nc(N2CCC(F)(F)CC2)nc(-n2ccnc2)n1. The highest BCUT2D eigenvalue weighted by Crippen LogP contribution is 2.32. The van der Waals surface area contributed by atoms with Crippen molar-refractivity contribution in [2.24, 2.45) is 0 Å². The number of rotatable bonds is 6. The molecule has 208 valence electrons. The number of imidazole rings is 1. The minimum Gasteiger partial charge on any atom is -0.340 e. The lowest BCUT2D eigenvalue weighted by Gasteiger charge is -2.31. The first-order valence-corrected chi connectivity index (χ1v) is 12.2. The average Bonchev–Trinajstić information content (AvgIpc) is 3.45. The Morgan fingerprint density at radius 1 is 1.00 bits per heavy atom. The van der Waals surface area contributed by atoms with E-state index in [0.29, 0.717) is 5.69 Å². The standard InChI is InChI=1S/C26H23F5N8O/c1-16-5-6-17(21(40)33-19-4-2-3-18(14-19)26(29,30)31)13-20(16)34-22-35-23(38-10-7-25(27,28)8-11-38)37-24(36-22)39-12-9-32-15-39/h2-6,9,12-15H,7-8,10-11H2,1H3,(H,33,40)(H,34,35,36,37). The summed E-state index contributed by atoms with van der Waals surface area (Å²) in [6.45, 7) is 1.90. The van der Waals surface area contributed by atoms with Gasteiger partial charge in [0.25, 0.3) is 11.8 Å². The molecule has 2 aromatic heterocycles. The van der Waals surface area contributed by atoms with Gasteiger partial charge in [-0.3, -0.25) is 9.36 Å². The number of piperidine rings is 1. The molecule has 1 amide bonds. The molecule has 40 heavy (non-hydrogen) atoms. The molecule has 1 aliphatic heterocycles. The molecule has 0 aliphatic carbocycles. The van der Waals surface area contributed by atoms with Crippen LogP contribution in [0.25, 0.3) is 5.95 Å². The van der Waals surface area contributed by atoms with Gasteiger partial charge in [0.2, 0.25) is 17.8 Å². The molecule has 1 aliphatic rings. The first-order chi connectivity index (χ1) is 19.0. The molecule has 3 heterocycles. The van der Waals surface area contributed by atoms with Crippen molar-refractivity contribution in [1.82, 2.24) is 24.5 Å². The number of aromatic nitrogens is 5. The topological polar surface area (TPSA) is 101 Å². The number of alkyl halides is 5. The van der Waals surface area contributed by atoms with Gasteiger partial charge < -0.3 is 15.5 Å². The van der Waals surface area contributed by atoms with Gasteiger partial charge in [-0.05, 0) is 42.8 Å². The Bertz CT molecular complexity index is 1510. The van der Waals surface area contributed by atoms with Gasteiger partial charge in [-0.25, -0.2) is 13.8 Å². The summed E-state index contributed by atoms with van der Waals surface area (Å²) in [6.07, 6.45) is -0.563. The van der Waals surface area contributed by atoms with Crippen LogP contribution in [-0.4, -0.2) is 49.4 Å². The van der Waals surface area contributed by atoms with Crippen molar-refractivity contribution in [3.63, 3.8) is 0 Å². The van der Waals surface area contributed by atoms with E-state index in [2.05, 4.69) is 30.6 Å². The summed E-state index contributed by atoms with van der Waals surface area (Å²) in [5.74, 6) is -2.85. The van der Waals surface area contributed by atoms with E-state index >= 15 is 0 Å². The maximum absolute atomic E-state index is 13.7. The van der Waals surface area contributed by atoms with Gasteiger partial charge >= 0.3 is 6.18 Å². The molecular formula is C26H23F5N8O. The van der Waals surface area contributed by atoms with Crippen molar-refractivity contribution < 1.29 is 26.7 Å². The Morgan fingerprint density at radius 2 is 1.75 bits per heavy atom. The van der Waals surface area contributed by atoms with Gasteiger partial charge in [0.15, 0.2) is 0 Å². The van der Waals surface area contributed by atoms with Crippen LogP contribution in [0.1, 0.15) is 34.3 Å². The smallest absolute Gasteiger partial charge is 0.340 e. The fourth-order valence-corrected chi connectivity index (χ4v) is 4.07. The van der Waals surface area contributed by atoms with Crippen molar-refractivity contribution in [3.05, 3.63) is 77.9 Å². The Morgan fingerprint density at radius 3 is 2.45 bits per heavy atom. The highest BCUT2D eigenvalue weighted by Gasteiger charge is 2.35. The average molecular weight is 559 g/mol. The zero-order valence-electron chi connectivity index (χ0n) is 21.1. The maximum atomic E-state index is 13.7. The molecule has 0 radical (unpaired) electrons. The molecule has 0 unspecified atom stereocenters. The second kappa shape index (κ2) is 10.5. The summed E-state index contributed by atoms with van der Waals surface area (Å²) in [7, 11) is 0. The molecule has 14 heteroatoms. The lowest BCUT2D eigenvalue weighted by atomic mass is 10.1. The van der Waals surface area contributed by atoms with E-state index in [1.807, 2.05) is 0 Å². The molecule has 0 atom stereocenters. The van der Waals surface area contributed by atoms with E-state index in [1.54, 1.807) is 28.7 Å². The summed E-state index contributed by atoms with van der Waals surface area (Å²) in [5.41, 5.74) is 0.463. The molecule has 2 N–H and O–H groups in total. The van der Waals surface area contributed by atoms with Crippen molar-refractivity contribution in [2.45, 2.75) is 31.9 Å². The molecular weight excluding hydrogens is 535 g/mol. The first-order valence-electron chi connectivity index (χ1n) is 12.2. The second-order valence-corrected chi connectivity index (χ2v) is 9.26. The summed E-state index contributed by atoms with van der Waals surface area (Å²) >= 11 is 0. The van der Waals surface area contributed by atoms with Crippen LogP contribution in [-0.2, 0) is 6.18 Å². The number of aryl methyl sites for hydroxylation is 1. The quantitative estimate of drug-likeness (QED) is 0.297. The van der Waals surface area contributed by atoms with Gasteiger partial charge in [0.1, 0.15) is 6.33 Å². The van der Waals surface area contributed by atoms with Gasteiger partial charge in [-0.15, -0.1) is 0 Å². The number of hydrogen-bond acceptors (Lipinski definition) is 7. The molecule has 1 fully saturated rings. The lowest BCUT2D eigenvalue weighted by molar-refractivity contribution is -0.137. The van der Waals surface area contributed by atoms with Gasteiger partial charge in [-0.1, -0.05) is 12.1 Å². The number of carbonyl (C=O) groups is 1. The minimum atomic E-state index is -4.55. The minimum absolute atomic E-state index is 0.00546. The Balaban J connectivity index is 1.41. The Labute approximate surface area is 225 Å². The molecule has 5 rings (SSSR count). The van der Waals surface area contributed by atoms with Crippen LogP contribution in [0.4, 0.5) is 45.2 Å². The van der Waals surface area contributed by atoms with E-state index < -0.39 is 23.6 Å². The third-order valence-electron chi connectivity index (χ3n) is 6.32. The van der Waals surface area contributed by atoms with E-state index in [0.717, 1.165) is 17.7 Å². The maximum Gasteiger partial charge on any atom is 0.416 e. The molecule has 0 saturated carbocycles. The van der Waals surface area contributed by atoms with Crippen LogP contribution in [0.5, 0.6) is 0 Å². The summed E-state index contributed by atoms with van der Waals surface area (Å²) in [4.78, 5) is 31.8. The third-order valence-corrected chi connectivity index (χ3v) is 6.32. The van der Waals surface area contributed by atoms with E-state index in [1.165, 1.54) is 36.8 Å². The number of anilines is 4. The normalized spacial score (nSPS) is 15.1. The van der Waals surface area contributed by atoms with E-state index in [-0.39, 0.29) is 55.0 Å². The highest BCUT2D eigenvalue weighted by atomic mass is 19.4. The van der Waals surface area contributed by atoms with Crippen LogP contribution in [0.3, 0.4) is 0 Å². The predicted octanol–water partition coefficient (Wildman–Crippen LogP) is 5.62. The number of halogens is 5. The predicted molar refractivity (Wildman–Crippen MR) is 137 cm³/mol. The van der Waals surface area contributed by atoms with Crippen LogP contribution < -0.4 is 15.5 Å². The number of nitrogens with zero attached hydrogens (tertiary/aromatic N) is 6. The molecule has 9 nitrogen and oxygen atoms in total. The summed E-state index contributed by atoms with van der Waals surface area (Å²) < 4.78 is 68.2. The zero-order valence-corrected chi connectivity index (χ0v) is 21.1. The molecule has 0 bridgehead atoms. The summed E-state index contributed by atoms with van der Waals surface area (Å²) in [6, 6.07) is 9.05. The van der Waals surface area contributed by atoms with Crippen LogP contribution >= 0.6 is 0 Å². The number of carbonyl (C=O) groups excluding carboxylic acids is 1. The first kappa shape index (κ1) is 27.0. The molecule has 2 aromatic carbocycles. The number of hydrogen-bond donors (Lipinski definition) is 2. The van der Waals surface area contributed by atoms with Crippen molar-refractivity contribution in [2.75, 3.05) is 28.6 Å². The number of nitrogens with one attached hydrogen (secondary N) is 2. The Kier molecular flexibility index (Phi) is 7.08. The number of amides is 1. The summed E-state index contributed by atoms with van der Waals surface area (Å²) in [5, 5.41) is 5.54. The van der Waals surface area contributed by atoms with Crippen molar-refractivity contribution >= 4 is 29.2 Å². The van der Waals surface area contributed by atoms with Crippen molar-refractivity contribution in [1.29, 1.82) is 0 Å². The van der Waals surface area contributed by atoms with Crippen molar-refractivity contribution in [3.8, 4) is 5.95 Å². The number of benzene rings is 2. The second-order valence-electron chi connectivity index (χ2n) is 9.26. The fourth-order valence-electron chi connectivity index (χ4n) is 4.07. The molecule has 0 spiro atoms. The zero-order chi connectivity index (χ0) is 28.5. The van der Waals surface area contributed by atoms with Gasteiger partial charge in [0, 0.05) is 55.3 Å². The van der Waals surface area contributed by atoms with Crippen LogP contribution in [0.15, 0.2) is 61.2 Å². The van der Waals surface area contributed by atoms with Crippen LogP contribution in [0.2, 0.25) is 0 Å².